The molecule has 5 nitrogen and oxygen atoms in total. The van der Waals surface area contributed by atoms with Crippen molar-refractivity contribution in [1.82, 2.24) is 14.9 Å². The van der Waals surface area contributed by atoms with Crippen LogP contribution in [0, 0.1) is 5.92 Å². The largest absolute Gasteiger partial charge is 0.340 e. The molecule has 0 spiro atoms. The standard InChI is InChI=1S/C20H26N4O/c21-18(14-7-3-1-4-8-14)20(25)24-12-11-16-17(13-24)23-19(22-16)15-9-5-2-6-10-15/h2,5-6,9-10,14,18H,1,3-4,7-8,11-13,21H2,(H,22,23)/t18-/m0/s1. The maximum Gasteiger partial charge on any atom is 0.240 e. The number of nitrogens with two attached hydrogens (primary N) is 1. The molecule has 1 amide bonds. The lowest BCUT2D eigenvalue weighted by Crippen LogP contribution is -2.49. The molecule has 1 atom stereocenters. The van der Waals surface area contributed by atoms with E-state index in [-0.39, 0.29) is 11.9 Å². The molecule has 1 aliphatic carbocycles. The first-order chi connectivity index (χ1) is 12.2. The summed E-state index contributed by atoms with van der Waals surface area (Å²) in [5.74, 6) is 1.34. The number of nitrogens with one attached hydrogen (secondary N) is 1. The molecule has 2 aliphatic rings. The minimum absolute atomic E-state index is 0.105. The number of aromatic amines is 1. The molecule has 5 heteroatoms. The first-order valence-corrected chi connectivity index (χ1v) is 9.40. The average molecular weight is 338 g/mol. The highest BCUT2D eigenvalue weighted by atomic mass is 16.2. The van der Waals surface area contributed by atoms with E-state index < -0.39 is 0 Å². The van der Waals surface area contributed by atoms with E-state index in [0.717, 1.165) is 42.0 Å². The predicted molar refractivity (Wildman–Crippen MR) is 97.7 cm³/mol. The number of H-pyrrole nitrogens is 1. The number of benzene rings is 1. The van der Waals surface area contributed by atoms with Gasteiger partial charge in [-0.2, -0.15) is 0 Å². The van der Waals surface area contributed by atoms with Crippen molar-refractivity contribution in [1.29, 1.82) is 0 Å². The van der Waals surface area contributed by atoms with Crippen LogP contribution >= 0.6 is 0 Å². The van der Waals surface area contributed by atoms with Crippen LogP contribution in [-0.2, 0) is 17.8 Å². The normalized spacial score (nSPS) is 19.5. The van der Waals surface area contributed by atoms with Crippen molar-refractivity contribution in [3.8, 4) is 11.4 Å². The van der Waals surface area contributed by atoms with Crippen LogP contribution in [0.3, 0.4) is 0 Å². The van der Waals surface area contributed by atoms with Gasteiger partial charge in [-0.1, -0.05) is 49.6 Å². The van der Waals surface area contributed by atoms with E-state index in [9.17, 15) is 4.79 Å². The summed E-state index contributed by atoms with van der Waals surface area (Å²) in [5, 5.41) is 0. The van der Waals surface area contributed by atoms with Gasteiger partial charge in [0.2, 0.25) is 5.91 Å². The number of hydrogen-bond donors (Lipinski definition) is 2. The third-order valence-corrected chi connectivity index (χ3v) is 5.63. The van der Waals surface area contributed by atoms with Gasteiger partial charge in [0.15, 0.2) is 0 Å². The van der Waals surface area contributed by atoms with Crippen LogP contribution in [0.25, 0.3) is 11.4 Å². The van der Waals surface area contributed by atoms with Crippen LogP contribution in [-0.4, -0.2) is 33.4 Å². The Hall–Kier alpha value is -2.14. The molecule has 25 heavy (non-hydrogen) atoms. The zero-order chi connectivity index (χ0) is 17.2. The Morgan fingerprint density at radius 3 is 2.72 bits per heavy atom. The summed E-state index contributed by atoms with van der Waals surface area (Å²) in [6, 6.07) is 9.77. The Balaban J connectivity index is 1.47. The van der Waals surface area contributed by atoms with E-state index in [1.165, 1.54) is 19.3 Å². The summed E-state index contributed by atoms with van der Waals surface area (Å²) in [4.78, 5) is 22.9. The second-order valence-electron chi connectivity index (χ2n) is 7.31. The van der Waals surface area contributed by atoms with Crippen LogP contribution in [0.4, 0.5) is 0 Å². The predicted octanol–water partition coefficient (Wildman–Crippen LogP) is 2.87. The van der Waals surface area contributed by atoms with Gasteiger partial charge >= 0.3 is 0 Å². The zero-order valence-electron chi connectivity index (χ0n) is 14.6. The summed E-state index contributed by atoms with van der Waals surface area (Å²) < 4.78 is 0. The quantitative estimate of drug-likeness (QED) is 0.903. The van der Waals surface area contributed by atoms with Crippen LogP contribution in [0.15, 0.2) is 30.3 Å². The van der Waals surface area contributed by atoms with Crippen LogP contribution < -0.4 is 5.73 Å². The monoisotopic (exact) mass is 338 g/mol. The third-order valence-electron chi connectivity index (χ3n) is 5.63. The molecular weight excluding hydrogens is 312 g/mol. The molecule has 0 radical (unpaired) electrons. The molecule has 0 unspecified atom stereocenters. The van der Waals surface area contributed by atoms with Gasteiger partial charge in [-0.3, -0.25) is 4.79 Å². The molecule has 4 rings (SSSR count). The van der Waals surface area contributed by atoms with Crippen molar-refractivity contribution in [2.45, 2.75) is 51.1 Å². The average Bonchev–Trinajstić information content (AvgIpc) is 3.11. The molecular formula is C20H26N4O. The number of hydrogen-bond acceptors (Lipinski definition) is 3. The van der Waals surface area contributed by atoms with E-state index in [4.69, 9.17) is 10.7 Å². The summed E-state index contributed by atoms with van der Waals surface area (Å²) in [5.41, 5.74) is 9.53. The van der Waals surface area contributed by atoms with Gasteiger partial charge in [0.1, 0.15) is 5.82 Å². The lowest BCUT2D eigenvalue weighted by molar-refractivity contribution is -0.135. The summed E-state index contributed by atoms with van der Waals surface area (Å²) in [6.45, 7) is 1.31. The molecule has 0 saturated heterocycles. The highest BCUT2D eigenvalue weighted by Gasteiger charge is 2.32. The minimum Gasteiger partial charge on any atom is -0.340 e. The SMILES string of the molecule is N[C@H](C(=O)N1CCc2nc(-c3ccccc3)[nH]c2C1)C1CCCCC1. The van der Waals surface area contributed by atoms with Crippen molar-refractivity contribution in [3.63, 3.8) is 0 Å². The van der Waals surface area contributed by atoms with Gasteiger partial charge in [-0.15, -0.1) is 0 Å². The van der Waals surface area contributed by atoms with Gasteiger partial charge in [0, 0.05) is 18.5 Å². The molecule has 0 bridgehead atoms. The van der Waals surface area contributed by atoms with Crippen molar-refractivity contribution in [2.75, 3.05) is 6.54 Å². The maximum atomic E-state index is 12.9. The number of rotatable bonds is 3. The number of amides is 1. The highest BCUT2D eigenvalue weighted by molar-refractivity contribution is 5.82. The summed E-state index contributed by atoms with van der Waals surface area (Å²) in [7, 11) is 0. The molecule has 1 aromatic carbocycles. The second-order valence-corrected chi connectivity index (χ2v) is 7.31. The van der Waals surface area contributed by atoms with Gasteiger partial charge in [-0.05, 0) is 18.8 Å². The number of carbonyl (C=O) groups is 1. The lowest BCUT2D eigenvalue weighted by Gasteiger charge is -2.33. The molecule has 1 saturated carbocycles. The summed E-state index contributed by atoms with van der Waals surface area (Å²) in [6.07, 6.45) is 6.67. The van der Waals surface area contributed by atoms with Gasteiger partial charge < -0.3 is 15.6 Å². The number of nitrogens with zero attached hydrogens (tertiary/aromatic N) is 2. The van der Waals surface area contributed by atoms with E-state index in [1.807, 2.05) is 35.2 Å². The smallest absolute Gasteiger partial charge is 0.240 e. The molecule has 2 heterocycles. The number of imidazole rings is 1. The first-order valence-electron chi connectivity index (χ1n) is 9.40. The van der Waals surface area contributed by atoms with Gasteiger partial charge in [-0.25, -0.2) is 4.98 Å². The van der Waals surface area contributed by atoms with Crippen molar-refractivity contribution in [3.05, 3.63) is 41.7 Å². The van der Waals surface area contributed by atoms with E-state index in [0.29, 0.717) is 19.0 Å². The maximum absolute atomic E-state index is 12.9. The lowest BCUT2D eigenvalue weighted by atomic mass is 9.83. The Morgan fingerprint density at radius 2 is 1.96 bits per heavy atom. The summed E-state index contributed by atoms with van der Waals surface area (Å²) >= 11 is 0. The van der Waals surface area contributed by atoms with Gasteiger partial charge in [0.25, 0.3) is 0 Å². The Bertz CT molecular complexity index is 733. The minimum atomic E-state index is -0.349. The molecule has 3 N–H and O–H groups in total. The van der Waals surface area contributed by atoms with Crippen molar-refractivity contribution >= 4 is 5.91 Å². The van der Waals surface area contributed by atoms with Crippen LogP contribution in [0.5, 0.6) is 0 Å². The molecule has 132 valence electrons. The fraction of sp³-hybridized carbons (Fsp3) is 0.500. The number of fused-ring (bicyclic) bond motifs is 1. The van der Waals surface area contributed by atoms with Crippen molar-refractivity contribution in [2.24, 2.45) is 11.7 Å². The zero-order valence-corrected chi connectivity index (χ0v) is 14.6. The van der Waals surface area contributed by atoms with Crippen LogP contribution in [0.1, 0.15) is 43.5 Å². The van der Waals surface area contributed by atoms with Crippen molar-refractivity contribution < 1.29 is 4.79 Å². The fourth-order valence-electron chi connectivity index (χ4n) is 4.12. The van der Waals surface area contributed by atoms with E-state index in [2.05, 4.69) is 4.98 Å². The molecule has 2 aromatic rings. The Morgan fingerprint density at radius 1 is 1.20 bits per heavy atom. The van der Waals surface area contributed by atoms with Gasteiger partial charge in [0.05, 0.1) is 24.0 Å². The fourth-order valence-corrected chi connectivity index (χ4v) is 4.12. The Labute approximate surface area is 148 Å². The molecule has 1 aliphatic heterocycles. The molecule has 1 aromatic heterocycles. The highest BCUT2D eigenvalue weighted by Crippen LogP contribution is 2.28. The number of carbonyl (C=O) groups excluding carboxylic acids is 1. The molecule has 1 fully saturated rings. The third kappa shape index (κ3) is 3.33. The topological polar surface area (TPSA) is 75.0 Å². The second kappa shape index (κ2) is 7.00. The van der Waals surface area contributed by atoms with E-state index >= 15 is 0 Å². The van der Waals surface area contributed by atoms with Crippen LogP contribution in [0.2, 0.25) is 0 Å². The number of aromatic nitrogens is 2. The Kier molecular flexibility index (Phi) is 4.57. The van der Waals surface area contributed by atoms with E-state index in [1.54, 1.807) is 0 Å². The first kappa shape index (κ1) is 16.3.